The Labute approximate surface area is 150 Å². The number of aromatic nitrogens is 2. The van der Waals surface area contributed by atoms with Crippen molar-refractivity contribution in [3.63, 3.8) is 0 Å². The highest BCUT2D eigenvalue weighted by Crippen LogP contribution is 2.26. The van der Waals surface area contributed by atoms with Crippen LogP contribution >= 0.6 is 0 Å². The molecule has 3 aromatic rings. The number of fused-ring (bicyclic) bond motifs is 3. The molecule has 0 bridgehead atoms. The summed E-state index contributed by atoms with van der Waals surface area (Å²) < 4.78 is 6.94. The van der Waals surface area contributed by atoms with Gasteiger partial charge in [0.15, 0.2) is 0 Å². The van der Waals surface area contributed by atoms with Gasteiger partial charge in [0.05, 0.1) is 6.33 Å². The Morgan fingerprint density at radius 2 is 2.12 bits per heavy atom. The third kappa shape index (κ3) is 3.10. The van der Waals surface area contributed by atoms with Crippen molar-refractivity contribution in [2.45, 2.75) is 26.3 Å². The van der Waals surface area contributed by atoms with Gasteiger partial charge < -0.3 is 15.1 Å². The van der Waals surface area contributed by atoms with Crippen LogP contribution in [0.25, 0.3) is 22.1 Å². The van der Waals surface area contributed by atoms with E-state index in [0.717, 1.165) is 31.3 Å². The van der Waals surface area contributed by atoms with E-state index in [-0.39, 0.29) is 29.0 Å². The molecule has 2 aromatic heterocycles. The minimum atomic E-state index is -0.338. The molecule has 0 saturated carbocycles. The fourth-order valence-electron chi connectivity index (χ4n) is 3.46. The molecule has 0 unspecified atom stereocenters. The molecule has 1 fully saturated rings. The lowest BCUT2D eigenvalue weighted by Crippen LogP contribution is -2.44. The van der Waals surface area contributed by atoms with Crippen LogP contribution in [0.1, 0.15) is 19.8 Å². The van der Waals surface area contributed by atoms with Gasteiger partial charge in [0.1, 0.15) is 17.6 Å². The summed E-state index contributed by atoms with van der Waals surface area (Å²) in [7, 11) is 0. The quantitative estimate of drug-likeness (QED) is 0.744. The maximum atomic E-state index is 12.6. The number of piperidine rings is 1. The highest BCUT2D eigenvalue weighted by molar-refractivity contribution is 6.01. The number of carbonyl (C=O) groups is 1. The van der Waals surface area contributed by atoms with E-state index in [0.29, 0.717) is 17.6 Å². The van der Waals surface area contributed by atoms with Crippen molar-refractivity contribution < 1.29 is 9.21 Å². The van der Waals surface area contributed by atoms with Crippen molar-refractivity contribution in [3.05, 3.63) is 40.9 Å². The summed E-state index contributed by atoms with van der Waals surface area (Å²) >= 11 is 0. The molecule has 1 aromatic carbocycles. The highest BCUT2D eigenvalue weighted by atomic mass is 16.3. The Kier molecular flexibility index (Phi) is 4.24. The molecule has 0 atom stereocenters. The first-order valence-electron chi connectivity index (χ1n) is 8.90. The molecular formula is C19H22N4O3. The first-order valence-corrected chi connectivity index (χ1v) is 8.90. The van der Waals surface area contributed by atoms with E-state index in [1.807, 2.05) is 18.2 Å². The smallest absolute Gasteiger partial charge is 0.297 e. The van der Waals surface area contributed by atoms with Gasteiger partial charge in [-0.2, -0.15) is 0 Å². The summed E-state index contributed by atoms with van der Waals surface area (Å²) in [5, 5.41) is 7.09. The first kappa shape index (κ1) is 16.8. The zero-order valence-electron chi connectivity index (χ0n) is 14.7. The van der Waals surface area contributed by atoms with Crippen LogP contribution in [0.15, 0.2) is 39.8 Å². The van der Waals surface area contributed by atoms with Gasteiger partial charge in [0.25, 0.3) is 5.56 Å². The second-order valence-corrected chi connectivity index (χ2v) is 7.29. The number of furan rings is 1. The number of carbonyl (C=O) groups excluding carboxylic acids is 1. The zero-order chi connectivity index (χ0) is 18.1. The normalized spacial score (nSPS) is 16.8. The maximum Gasteiger partial charge on any atom is 0.297 e. The van der Waals surface area contributed by atoms with E-state index < -0.39 is 0 Å². The Bertz CT molecular complexity index is 1010. The van der Waals surface area contributed by atoms with Crippen LogP contribution in [-0.2, 0) is 11.3 Å². The number of hydrogen-bond donors (Lipinski definition) is 2. The molecule has 3 heterocycles. The van der Waals surface area contributed by atoms with Gasteiger partial charge >= 0.3 is 0 Å². The van der Waals surface area contributed by atoms with Gasteiger partial charge in [-0.1, -0.05) is 19.1 Å². The molecule has 1 aliphatic heterocycles. The Morgan fingerprint density at radius 3 is 2.92 bits per heavy atom. The number of para-hydroxylation sites is 1. The third-order valence-corrected chi connectivity index (χ3v) is 5.19. The van der Waals surface area contributed by atoms with E-state index >= 15 is 0 Å². The molecular weight excluding hydrogens is 332 g/mol. The molecule has 26 heavy (non-hydrogen) atoms. The maximum absolute atomic E-state index is 12.6. The van der Waals surface area contributed by atoms with Gasteiger partial charge in [-0.15, -0.1) is 0 Å². The average Bonchev–Trinajstić information content (AvgIpc) is 3.03. The molecule has 0 radical (unpaired) electrons. The lowest BCUT2D eigenvalue weighted by molar-refractivity contribution is -0.122. The lowest BCUT2D eigenvalue weighted by Gasteiger charge is -2.34. The minimum absolute atomic E-state index is 0.0624. The number of benzene rings is 1. The molecule has 7 nitrogen and oxygen atoms in total. The second kappa shape index (κ2) is 6.57. The monoisotopic (exact) mass is 354 g/mol. The molecule has 1 amide bonds. The van der Waals surface area contributed by atoms with Gasteiger partial charge in [0, 0.05) is 11.9 Å². The molecule has 7 heteroatoms. The Hall–Kier alpha value is -2.67. The fourth-order valence-corrected chi connectivity index (χ4v) is 3.46. The average molecular weight is 354 g/mol. The molecule has 4 rings (SSSR count). The van der Waals surface area contributed by atoms with E-state index in [9.17, 15) is 9.59 Å². The van der Waals surface area contributed by atoms with Gasteiger partial charge in [-0.05, 0) is 43.5 Å². The summed E-state index contributed by atoms with van der Waals surface area (Å²) in [6.45, 7) is 4.68. The summed E-state index contributed by atoms with van der Waals surface area (Å²) in [6.07, 6.45) is 3.47. The number of rotatable bonds is 4. The number of amides is 1. The van der Waals surface area contributed by atoms with Crippen LogP contribution in [0, 0.1) is 5.41 Å². The number of hydrogen-bond acceptors (Lipinski definition) is 5. The summed E-state index contributed by atoms with van der Waals surface area (Å²) in [6, 6.07) is 7.38. The van der Waals surface area contributed by atoms with Crippen molar-refractivity contribution >= 4 is 28.0 Å². The van der Waals surface area contributed by atoms with Crippen molar-refractivity contribution in [3.8, 4) is 0 Å². The van der Waals surface area contributed by atoms with Gasteiger partial charge in [-0.25, -0.2) is 4.98 Å². The molecule has 2 N–H and O–H groups in total. The molecule has 0 spiro atoms. The van der Waals surface area contributed by atoms with Crippen molar-refractivity contribution in [2.75, 3.05) is 19.6 Å². The zero-order valence-corrected chi connectivity index (χ0v) is 14.7. The van der Waals surface area contributed by atoms with Crippen LogP contribution in [0.2, 0.25) is 0 Å². The largest absolute Gasteiger partial charge is 0.448 e. The van der Waals surface area contributed by atoms with Gasteiger partial charge in [-0.3, -0.25) is 14.2 Å². The fraction of sp³-hybridized carbons (Fsp3) is 0.421. The van der Waals surface area contributed by atoms with Crippen molar-refractivity contribution in [2.24, 2.45) is 5.41 Å². The highest BCUT2D eigenvalue weighted by Gasteiger charge is 2.27. The second-order valence-electron chi connectivity index (χ2n) is 7.29. The third-order valence-electron chi connectivity index (χ3n) is 5.19. The molecule has 0 aliphatic carbocycles. The lowest BCUT2D eigenvalue weighted by atomic mass is 9.81. The summed E-state index contributed by atoms with van der Waals surface area (Å²) in [5.41, 5.74) is 1.10. The molecule has 1 aliphatic rings. The van der Waals surface area contributed by atoms with Gasteiger partial charge in [0.2, 0.25) is 11.5 Å². The number of nitrogens with one attached hydrogen (secondary N) is 2. The van der Waals surface area contributed by atoms with E-state index in [1.54, 1.807) is 6.07 Å². The van der Waals surface area contributed by atoms with Crippen LogP contribution < -0.4 is 16.2 Å². The van der Waals surface area contributed by atoms with Crippen LogP contribution in [-0.4, -0.2) is 35.1 Å². The van der Waals surface area contributed by atoms with Crippen molar-refractivity contribution in [1.29, 1.82) is 0 Å². The van der Waals surface area contributed by atoms with Crippen LogP contribution in [0.5, 0.6) is 0 Å². The summed E-state index contributed by atoms with van der Waals surface area (Å²) in [4.78, 5) is 29.3. The van der Waals surface area contributed by atoms with Crippen LogP contribution in [0.3, 0.4) is 0 Å². The van der Waals surface area contributed by atoms with E-state index in [4.69, 9.17) is 4.42 Å². The standard InChI is InChI=1S/C19H22N4O3/c1-19(6-8-20-9-7-19)11-21-15(24)10-23-12-22-16-13-4-2-3-5-14(13)26-17(16)18(23)25/h2-5,12,20H,6-11H2,1H3,(H,21,24). The predicted molar refractivity (Wildman–Crippen MR) is 99.0 cm³/mol. The predicted octanol–water partition coefficient (Wildman–Crippen LogP) is 1.65. The molecule has 1 saturated heterocycles. The summed E-state index contributed by atoms with van der Waals surface area (Å²) in [5.74, 6) is -0.191. The SMILES string of the molecule is CC1(CNC(=O)Cn2cnc3c(oc4ccccc43)c2=O)CCNCC1. The Balaban J connectivity index is 1.51. The van der Waals surface area contributed by atoms with E-state index in [1.165, 1.54) is 10.9 Å². The first-order chi connectivity index (χ1) is 12.6. The topological polar surface area (TPSA) is 89.2 Å². The van der Waals surface area contributed by atoms with Crippen molar-refractivity contribution in [1.82, 2.24) is 20.2 Å². The minimum Gasteiger partial charge on any atom is -0.448 e. The molecule has 136 valence electrons. The van der Waals surface area contributed by atoms with E-state index in [2.05, 4.69) is 22.5 Å². The Morgan fingerprint density at radius 1 is 1.35 bits per heavy atom. The number of nitrogens with zero attached hydrogens (tertiary/aromatic N) is 2. The van der Waals surface area contributed by atoms with Crippen LogP contribution in [0.4, 0.5) is 0 Å².